The lowest BCUT2D eigenvalue weighted by molar-refractivity contribution is -0.119. The fourth-order valence-electron chi connectivity index (χ4n) is 1.81. The smallest absolute Gasteiger partial charge is 0.149 e. The van der Waals surface area contributed by atoms with Crippen molar-refractivity contribution in [1.82, 2.24) is 0 Å². The number of carbonyl (C=O) groups excluding carboxylic acids is 1. The summed E-state index contributed by atoms with van der Waals surface area (Å²) in [5.74, 6) is 0.528. The normalized spacial score (nSPS) is 16.9. The highest BCUT2D eigenvalue weighted by atomic mass is 79.9. The van der Waals surface area contributed by atoms with Crippen molar-refractivity contribution >= 4 is 44.9 Å². The monoisotopic (exact) mass is 334 g/mol. The number of hydrogen-bond donors (Lipinski definition) is 0. The second-order valence-corrected chi connectivity index (χ2v) is 6.40. The summed E-state index contributed by atoms with van der Waals surface area (Å²) in [7, 11) is 0. The van der Waals surface area contributed by atoms with Gasteiger partial charge in [-0.25, -0.2) is 0 Å². The zero-order chi connectivity index (χ0) is 12.6. The molecule has 1 fully saturated rings. The van der Waals surface area contributed by atoms with Gasteiger partial charge in [-0.3, -0.25) is 4.79 Å². The molecule has 2 rings (SSSR count). The summed E-state index contributed by atoms with van der Waals surface area (Å²) in [5, 5.41) is 1.30. The Morgan fingerprint density at radius 2 is 2.12 bits per heavy atom. The van der Waals surface area contributed by atoms with Gasteiger partial charge in [0.15, 0.2) is 0 Å². The number of rotatable bonds is 4. The van der Waals surface area contributed by atoms with E-state index in [9.17, 15) is 4.79 Å². The minimum Gasteiger partial charge on any atom is -0.298 e. The van der Waals surface area contributed by atoms with Gasteiger partial charge in [0.05, 0.1) is 4.83 Å². The molecule has 0 spiro atoms. The maximum absolute atomic E-state index is 11.9. The van der Waals surface area contributed by atoms with Crippen LogP contribution in [0.1, 0.15) is 24.0 Å². The Bertz CT molecular complexity index is 455. The summed E-state index contributed by atoms with van der Waals surface area (Å²) < 4.78 is 0. The molecule has 0 heterocycles. The maximum Gasteiger partial charge on any atom is 0.149 e. The first-order valence-corrected chi connectivity index (χ1v) is 7.29. The van der Waals surface area contributed by atoms with E-state index in [4.69, 9.17) is 23.2 Å². The van der Waals surface area contributed by atoms with E-state index in [0.29, 0.717) is 16.5 Å². The topological polar surface area (TPSA) is 17.1 Å². The number of halogens is 3. The number of ketones is 1. The summed E-state index contributed by atoms with van der Waals surface area (Å²) in [6.45, 7) is 1.94. The Balaban J connectivity index is 2.17. The van der Waals surface area contributed by atoms with Crippen LogP contribution in [0.3, 0.4) is 0 Å². The van der Waals surface area contributed by atoms with Crippen molar-refractivity contribution < 1.29 is 4.79 Å². The van der Waals surface area contributed by atoms with Crippen molar-refractivity contribution in [3.63, 3.8) is 0 Å². The summed E-state index contributed by atoms with van der Waals surface area (Å²) >= 11 is 15.8. The van der Waals surface area contributed by atoms with Crippen molar-refractivity contribution in [3.8, 4) is 0 Å². The van der Waals surface area contributed by atoms with E-state index >= 15 is 0 Å². The zero-order valence-electron chi connectivity index (χ0n) is 9.47. The molecule has 0 bridgehead atoms. The van der Waals surface area contributed by atoms with Crippen LogP contribution in [0.4, 0.5) is 0 Å². The number of carbonyl (C=O) groups is 1. The van der Waals surface area contributed by atoms with E-state index in [1.165, 1.54) is 0 Å². The molecular weight excluding hydrogens is 323 g/mol. The van der Waals surface area contributed by atoms with Crippen LogP contribution < -0.4 is 0 Å². The standard InChI is InChI=1S/C13H13BrCl2O/c1-7-2-5-11(15)9(12(7)16)6-10(14)13(17)8-3-4-8/h2,5,8,10H,3-4,6H2,1H3. The number of aryl methyl sites for hydroxylation is 1. The van der Waals surface area contributed by atoms with Gasteiger partial charge in [-0.15, -0.1) is 0 Å². The predicted octanol–water partition coefficient (Wildman–Crippen LogP) is 4.59. The van der Waals surface area contributed by atoms with Crippen LogP contribution in [-0.2, 0) is 11.2 Å². The Labute approximate surface area is 120 Å². The molecule has 1 nitrogen and oxygen atoms in total. The van der Waals surface area contributed by atoms with Crippen molar-refractivity contribution in [2.24, 2.45) is 5.92 Å². The first kappa shape index (κ1) is 13.4. The molecule has 4 heteroatoms. The molecular formula is C13H13BrCl2O. The van der Waals surface area contributed by atoms with Gasteiger partial charge in [0.25, 0.3) is 0 Å². The predicted molar refractivity (Wildman–Crippen MR) is 75.3 cm³/mol. The van der Waals surface area contributed by atoms with E-state index < -0.39 is 0 Å². The van der Waals surface area contributed by atoms with E-state index in [1.807, 2.05) is 19.1 Å². The summed E-state index contributed by atoms with van der Waals surface area (Å²) in [5.41, 5.74) is 1.86. The summed E-state index contributed by atoms with van der Waals surface area (Å²) in [6.07, 6.45) is 2.61. The van der Waals surface area contributed by atoms with Gasteiger partial charge in [0.1, 0.15) is 5.78 Å². The molecule has 1 aliphatic rings. The van der Waals surface area contributed by atoms with E-state index in [-0.39, 0.29) is 16.5 Å². The van der Waals surface area contributed by atoms with Crippen LogP contribution in [0.5, 0.6) is 0 Å². The second-order valence-electron chi connectivity index (χ2n) is 4.51. The van der Waals surface area contributed by atoms with Crippen LogP contribution in [0.15, 0.2) is 12.1 Å². The molecule has 0 saturated heterocycles. The van der Waals surface area contributed by atoms with Gasteiger partial charge in [0, 0.05) is 16.0 Å². The highest BCUT2D eigenvalue weighted by Gasteiger charge is 2.34. The van der Waals surface area contributed by atoms with Crippen molar-refractivity contribution in [1.29, 1.82) is 0 Å². The molecule has 1 aromatic rings. The molecule has 0 N–H and O–H groups in total. The average Bonchev–Trinajstić information content (AvgIpc) is 3.12. The van der Waals surface area contributed by atoms with Gasteiger partial charge < -0.3 is 0 Å². The quantitative estimate of drug-likeness (QED) is 0.735. The van der Waals surface area contributed by atoms with Crippen molar-refractivity contribution in [2.45, 2.75) is 31.0 Å². The first-order valence-electron chi connectivity index (χ1n) is 5.62. The Kier molecular flexibility index (Phi) is 4.17. The molecule has 92 valence electrons. The maximum atomic E-state index is 11.9. The van der Waals surface area contributed by atoms with Gasteiger partial charge in [-0.2, -0.15) is 0 Å². The van der Waals surface area contributed by atoms with E-state index in [1.54, 1.807) is 0 Å². The number of benzene rings is 1. The van der Waals surface area contributed by atoms with E-state index in [0.717, 1.165) is 24.0 Å². The molecule has 0 radical (unpaired) electrons. The SMILES string of the molecule is Cc1ccc(Cl)c(CC(Br)C(=O)C2CC2)c1Cl. The van der Waals surface area contributed by atoms with Crippen LogP contribution in [-0.4, -0.2) is 10.6 Å². The van der Waals surface area contributed by atoms with Crippen LogP contribution in [0.2, 0.25) is 10.0 Å². The number of Topliss-reactive ketones (excluding diaryl/α,β-unsaturated/α-hetero) is 1. The third-order valence-electron chi connectivity index (χ3n) is 3.05. The van der Waals surface area contributed by atoms with Crippen molar-refractivity contribution in [3.05, 3.63) is 33.3 Å². The molecule has 1 aliphatic carbocycles. The third-order valence-corrected chi connectivity index (χ3v) is 4.71. The molecule has 1 unspecified atom stereocenters. The molecule has 1 aromatic carbocycles. The van der Waals surface area contributed by atoms with Gasteiger partial charge in [0.2, 0.25) is 0 Å². The Morgan fingerprint density at radius 1 is 1.47 bits per heavy atom. The molecule has 17 heavy (non-hydrogen) atoms. The summed E-state index contributed by atoms with van der Waals surface area (Å²) in [4.78, 5) is 11.7. The molecule has 0 aliphatic heterocycles. The highest BCUT2D eigenvalue weighted by Crippen LogP contribution is 2.35. The first-order chi connectivity index (χ1) is 8.00. The van der Waals surface area contributed by atoms with Crippen molar-refractivity contribution in [2.75, 3.05) is 0 Å². The number of alkyl halides is 1. The van der Waals surface area contributed by atoms with E-state index in [2.05, 4.69) is 15.9 Å². The lowest BCUT2D eigenvalue weighted by Crippen LogP contribution is -2.18. The average molecular weight is 336 g/mol. The lowest BCUT2D eigenvalue weighted by Gasteiger charge is -2.13. The molecule has 0 amide bonds. The van der Waals surface area contributed by atoms with Crippen LogP contribution >= 0.6 is 39.1 Å². The van der Waals surface area contributed by atoms with Gasteiger partial charge >= 0.3 is 0 Å². The fourth-order valence-corrected chi connectivity index (χ4v) is 3.03. The van der Waals surface area contributed by atoms with Gasteiger partial charge in [-0.1, -0.05) is 45.2 Å². The molecule has 0 aromatic heterocycles. The lowest BCUT2D eigenvalue weighted by atomic mass is 10.0. The van der Waals surface area contributed by atoms with Gasteiger partial charge in [-0.05, 0) is 43.4 Å². The minimum atomic E-state index is -0.174. The van der Waals surface area contributed by atoms with Crippen LogP contribution in [0, 0.1) is 12.8 Å². The summed E-state index contributed by atoms with van der Waals surface area (Å²) in [6, 6.07) is 3.72. The molecule has 1 saturated carbocycles. The van der Waals surface area contributed by atoms with Crippen LogP contribution in [0.25, 0.3) is 0 Å². The number of hydrogen-bond acceptors (Lipinski definition) is 1. The molecule has 1 atom stereocenters. The Hall–Kier alpha value is -0.0500. The fraction of sp³-hybridized carbons (Fsp3) is 0.462. The zero-order valence-corrected chi connectivity index (χ0v) is 12.6. The Morgan fingerprint density at radius 3 is 2.71 bits per heavy atom. The third kappa shape index (κ3) is 3.04. The minimum absolute atomic E-state index is 0.174. The second kappa shape index (κ2) is 5.29. The largest absolute Gasteiger partial charge is 0.298 e. The highest BCUT2D eigenvalue weighted by molar-refractivity contribution is 9.10.